The molecular weight excluding hydrogens is 771 g/mol. The Bertz CT molecular complexity index is 3420. The van der Waals surface area contributed by atoms with E-state index in [-0.39, 0.29) is 0 Å². The maximum absolute atomic E-state index is 2.39. The smallest absolute Gasteiger partial charge is 0.0713 e. The lowest BCUT2D eigenvalue weighted by Gasteiger charge is -2.34. The molecule has 0 aromatic heterocycles. The summed E-state index contributed by atoms with van der Waals surface area (Å²) in [6.45, 7) is 0. The summed E-state index contributed by atoms with van der Waals surface area (Å²) in [6, 6.07) is 95.7. The zero-order valence-corrected chi connectivity index (χ0v) is 35.3. The molecule has 1 heteroatoms. The summed E-state index contributed by atoms with van der Waals surface area (Å²) in [7, 11) is 0. The quantitative estimate of drug-likeness (QED) is 0.138. The van der Waals surface area contributed by atoms with Crippen LogP contribution in [-0.4, -0.2) is 0 Å². The highest BCUT2D eigenvalue weighted by Crippen LogP contribution is 2.58. The molecule has 1 nitrogen and oxygen atoms in total. The second kappa shape index (κ2) is 15.6. The van der Waals surface area contributed by atoms with Crippen molar-refractivity contribution in [3.63, 3.8) is 0 Å². The van der Waals surface area contributed by atoms with Crippen molar-refractivity contribution >= 4 is 38.6 Å². The minimum absolute atomic E-state index is 0.450. The molecule has 0 fully saturated rings. The standard InChI is InChI=1S/C63H43N/c1-4-18-44(19-5-1)45-34-38-51(39-35-45)64(53-26-16-21-47(42-53)59-43-48-20-10-11-27-54(48)56-28-12-13-29-57(56)59)52-40-36-46(37-41-52)55-31-17-33-61-62(55)58-30-14-15-32-60(58)63(61,49-22-6-2-7-23-49)50-24-8-3-9-25-50/h1-43H. The fourth-order valence-corrected chi connectivity index (χ4v) is 10.5. The number of hydrogen-bond acceptors (Lipinski definition) is 1. The summed E-state index contributed by atoms with van der Waals surface area (Å²) in [6.07, 6.45) is 0. The van der Waals surface area contributed by atoms with Gasteiger partial charge >= 0.3 is 0 Å². The van der Waals surface area contributed by atoms with Crippen LogP contribution in [0.15, 0.2) is 261 Å². The van der Waals surface area contributed by atoms with E-state index in [2.05, 4.69) is 266 Å². The van der Waals surface area contributed by atoms with Gasteiger partial charge in [-0.25, -0.2) is 0 Å². The van der Waals surface area contributed by atoms with Crippen LogP contribution in [0.3, 0.4) is 0 Å². The molecule has 0 saturated heterocycles. The topological polar surface area (TPSA) is 3.24 Å². The van der Waals surface area contributed by atoms with E-state index in [1.54, 1.807) is 0 Å². The first kappa shape index (κ1) is 37.5. The molecule has 0 spiro atoms. The molecule has 0 radical (unpaired) electrons. The molecule has 1 aliphatic rings. The second-order valence-corrected chi connectivity index (χ2v) is 16.8. The highest BCUT2D eigenvalue weighted by Gasteiger charge is 2.46. The molecule has 12 rings (SSSR count). The SMILES string of the molecule is c1ccc(-c2ccc(N(c3ccc(-c4cccc5c4-c4ccccc4C5(c4ccccc4)c4ccccc4)cc3)c3cccc(-c4cc5ccccc5c5ccccc45)c3)cc2)cc1. The van der Waals surface area contributed by atoms with E-state index < -0.39 is 5.41 Å². The third-order valence-corrected chi connectivity index (χ3v) is 13.3. The van der Waals surface area contributed by atoms with Crippen LogP contribution >= 0.6 is 0 Å². The van der Waals surface area contributed by atoms with Gasteiger partial charge in [0.15, 0.2) is 0 Å². The van der Waals surface area contributed by atoms with Crippen LogP contribution in [0.1, 0.15) is 22.3 Å². The fourth-order valence-electron chi connectivity index (χ4n) is 10.5. The highest BCUT2D eigenvalue weighted by atomic mass is 15.1. The third kappa shape index (κ3) is 6.08. The minimum Gasteiger partial charge on any atom is -0.310 e. The van der Waals surface area contributed by atoms with Crippen LogP contribution in [-0.2, 0) is 5.41 Å². The van der Waals surface area contributed by atoms with E-state index in [1.165, 1.54) is 88.3 Å². The fraction of sp³-hybridized carbons (Fsp3) is 0.0159. The Kier molecular flexibility index (Phi) is 9.13. The molecule has 0 unspecified atom stereocenters. The normalized spacial score (nSPS) is 12.5. The number of anilines is 3. The van der Waals surface area contributed by atoms with Gasteiger partial charge in [0.1, 0.15) is 0 Å². The van der Waals surface area contributed by atoms with Crippen LogP contribution in [0.2, 0.25) is 0 Å². The second-order valence-electron chi connectivity index (χ2n) is 16.8. The molecule has 0 N–H and O–H groups in total. The van der Waals surface area contributed by atoms with Crippen LogP contribution in [0.5, 0.6) is 0 Å². The number of rotatable bonds is 8. The van der Waals surface area contributed by atoms with Gasteiger partial charge in [0.25, 0.3) is 0 Å². The molecule has 0 amide bonds. The summed E-state index contributed by atoms with van der Waals surface area (Å²) < 4.78 is 0. The van der Waals surface area contributed by atoms with Crippen molar-refractivity contribution in [2.24, 2.45) is 0 Å². The van der Waals surface area contributed by atoms with E-state index >= 15 is 0 Å². The largest absolute Gasteiger partial charge is 0.310 e. The van der Waals surface area contributed by atoms with Gasteiger partial charge in [-0.3, -0.25) is 0 Å². The van der Waals surface area contributed by atoms with E-state index in [0.29, 0.717) is 0 Å². The predicted octanol–water partition coefficient (Wildman–Crippen LogP) is 16.8. The van der Waals surface area contributed by atoms with E-state index in [0.717, 1.165) is 17.1 Å². The lowest BCUT2D eigenvalue weighted by Crippen LogP contribution is -2.28. The zero-order chi connectivity index (χ0) is 42.5. The summed E-state index contributed by atoms with van der Waals surface area (Å²) in [4.78, 5) is 2.39. The Morgan fingerprint density at radius 3 is 1.47 bits per heavy atom. The summed E-state index contributed by atoms with van der Waals surface area (Å²) >= 11 is 0. The maximum Gasteiger partial charge on any atom is 0.0713 e. The molecule has 1 aliphatic carbocycles. The molecule has 11 aromatic rings. The van der Waals surface area contributed by atoms with E-state index in [9.17, 15) is 0 Å². The van der Waals surface area contributed by atoms with Gasteiger partial charge in [-0.1, -0.05) is 218 Å². The first-order chi connectivity index (χ1) is 31.8. The van der Waals surface area contributed by atoms with Crippen molar-refractivity contribution in [1.29, 1.82) is 0 Å². The Morgan fingerprint density at radius 1 is 0.266 bits per heavy atom. The molecular formula is C63H43N. The Balaban J connectivity index is 1.01. The van der Waals surface area contributed by atoms with Crippen LogP contribution in [0.4, 0.5) is 17.1 Å². The van der Waals surface area contributed by atoms with Crippen molar-refractivity contribution in [2.45, 2.75) is 5.41 Å². The van der Waals surface area contributed by atoms with Gasteiger partial charge in [-0.15, -0.1) is 0 Å². The summed E-state index contributed by atoms with van der Waals surface area (Å²) in [5.74, 6) is 0. The Hall–Kier alpha value is -8.26. The van der Waals surface area contributed by atoms with Gasteiger partial charge < -0.3 is 4.90 Å². The molecule has 0 bridgehead atoms. The van der Waals surface area contributed by atoms with Crippen molar-refractivity contribution < 1.29 is 0 Å². The average molecular weight is 814 g/mol. The molecule has 0 heterocycles. The zero-order valence-electron chi connectivity index (χ0n) is 35.3. The van der Waals surface area contributed by atoms with Crippen molar-refractivity contribution in [1.82, 2.24) is 0 Å². The maximum atomic E-state index is 2.39. The van der Waals surface area contributed by atoms with Crippen LogP contribution < -0.4 is 4.90 Å². The summed E-state index contributed by atoms with van der Waals surface area (Å²) in [5.41, 5.74) is 17.8. The van der Waals surface area contributed by atoms with Crippen LogP contribution in [0, 0.1) is 0 Å². The first-order valence-electron chi connectivity index (χ1n) is 22.2. The van der Waals surface area contributed by atoms with Crippen LogP contribution in [0.25, 0.3) is 66.1 Å². The monoisotopic (exact) mass is 813 g/mol. The highest BCUT2D eigenvalue weighted by molar-refractivity contribution is 6.14. The molecule has 0 saturated carbocycles. The Labute approximate surface area is 374 Å². The van der Waals surface area contributed by atoms with E-state index in [1.807, 2.05) is 0 Å². The predicted molar refractivity (Wildman–Crippen MR) is 270 cm³/mol. The van der Waals surface area contributed by atoms with Gasteiger partial charge in [0.2, 0.25) is 0 Å². The number of hydrogen-bond donors (Lipinski definition) is 0. The van der Waals surface area contributed by atoms with Crippen molar-refractivity contribution in [3.05, 3.63) is 283 Å². The summed E-state index contributed by atoms with van der Waals surface area (Å²) in [5, 5.41) is 5.04. The third-order valence-electron chi connectivity index (χ3n) is 13.3. The molecule has 300 valence electrons. The number of fused-ring (bicyclic) bond motifs is 6. The number of benzene rings is 11. The average Bonchev–Trinajstić information content (AvgIpc) is 3.69. The van der Waals surface area contributed by atoms with Gasteiger partial charge in [-0.05, 0) is 131 Å². The molecule has 11 aromatic carbocycles. The molecule has 64 heavy (non-hydrogen) atoms. The molecule has 0 atom stereocenters. The van der Waals surface area contributed by atoms with Gasteiger partial charge in [-0.2, -0.15) is 0 Å². The van der Waals surface area contributed by atoms with Gasteiger partial charge in [0, 0.05) is 17.1 Å². The van der Waals surface area contributed by atoms with Crippen molar-refractivity contribution in [2.75, 3.05) is 4.90 Å². The van der Waals surface area contributed by atoms with E-state index in [4.69, 9.17) is 0 Å². The van der Waals surface area contributed by atoms with Crippen molar-refractivity contribution in [3.8, 4) is 44.5 Å². The Morgan fingerprint density at radius 2 is 0.766 bits per heavy atom. The minimum atomic E-state index is -0.450. The first-order valence-corrected chi connectivity index (χ1v) is 22.2. The lowest BCUT2D eigenvalue weighted by molar-refractivity contribution is 0.768. The lowest BCUT2D eigenvalue weighted by atomic mass is 9.67. The number of nitrogens with zero attached hydrogens (tertiary/aromatic N) is 1. The van der Waals surface area contributed by atoms with Gasteiger partial charge in [0.05, 0.1) is 5.41 Å². The molecule has 0 aliphatic heterocycles.